The fraction of sp³-hybridized carbons (Fsp3) is 0.320. The number of rotatable bonds is 12. The van der Waals surface area contributed by atoms with Crippen molar-refractivity contribution in [2.24, 2.45) is 5.92 Å². The fourth-order valence-electron chi connectivity index (χ4n) is 3.18. The molecule has 0 spiro atoms. The number of carboxylic acids is 1. The summed E-state index contributed by atoms with van der Waals surface area (Å²) in [7, 11) is 0. The van der Waals surface area contributed by atoms with Crippen molar-refractivity contribution < 1.29 is 38.2 Å². The van der Waals surface area contributed by atoms with Crippen LogP contribution in [0.1, 0.15) is 36.2 Å². The number of carbonyl (C=O) groups is 5. The van der Waals surface area contributed by atoms with Crippen LogP contribution in [0.4, 0.5) is 14.9 Å². The zero-order chi connectivity index (χ0) is 26.7. The highest BCUT2D eigenvalue weighted by Crippen LogP contribution is 2.17. The van der Waals surface area contributed by atoms with Gasteiger partial charge in [-0.1, -0.05) is 56.3 Å². The average molecular weight is 502 g/mol. The van der Waals surface area contributed by atoms with Gasteiger partial charge >= 0.3 is 12.1 Å². The Morgan fingerprint density at radius 2 is 1.58 bits per heavy atom. The van der Waals surface area contributed by atoms with E-state index in [2.05, 4.69) is 16.0 Å². The molecule has 0 fully saturated rings. The van der Waals surface area contributed by atoms with Crippen LogP contribution in [-0.2, 0) is 25.7 Å². The van der Waals surface area contributed by atoms with Gasteiger partial charge in [0.25, 0.3) is 5.91 Å². The van der Waals surface area contributed by atoms with Crippen LogP contribution in [0.5, 0.6) is 0 Å². The van der Waals surface area contributed by atoms with Crippen molar-refractivity contribution in [3.05, 3.63) is 65.7 Å². The van der Waals surface area contributed by atoms with Crippen molar-refractivity contribution in [1.82, 2.24) is 10.6 Å². The minimum absolute atomic E-state index is 0.0111. The number of hydrogen-bond donors (Lipinski definition) is 4. The second-order valence-electron chi connectivity index (χ2n) is 8.19. The molecule has 0 saturated carbocycles. The number of alkyl carbamates (subject to hydrolysis) is 1. The van der Waals surface area contributed by atoms with E-state index in [1.54, 1.807) is 44.2 Å². The van der Waals surface area contributed by atoms with E-state index in [-0.39, 0.29) is 23.8 Å². The molecular weight excluding hydrogens is 473 g/mol. The molecule has 3 amide bonds. The van der Waals surface area contributed by atoms with E-state index in [1.807, 2.05) is 6.07 Å². The first-order chi connectivity index (χ1) is 17.1. The molecule has 2 rings (SSSR count). The molecule has 192 valence electrons. The molecule has 0 aromatic heterocycles. The summed E-state index contributed by atoms with van der Waals surface area (Å²) in [5, 5.41) is 16.2. The summed E-state index contributed by atoms with van der Waals surface area (Å²) < 4.78 is 18.0. The van der Waals surface area contributed by atoms with Gasteiger partial charge in [0.1, 0.15) is 25.4 Å². The number of nitrogens with one attached hydrogen (secondary N) is 3. The number of benzene rings is 2. The van der Waals surface area contributed by atoms with Gasteiger partial charge in [-0.15, -0.1) is 0 Å². The van der Waals surface area contributed by atoms with Crippen molar-refractivity contribution in [2.75, 3.05) is 12.0 Å². The van der Waals surface area contributed by atoms with Gasteiger partial charge in [0.2, 0.25) is 5.91 Å². The lowest BCUT2D eigenvalue weighted by Gasteiger charge is -2.22. The molecule has 2 atom stereocenters. The summed E-state index contributed by atoms with van der Waals surface area (Å²) in [6.07, 6.45) is -1.60. The SMILES string of the molecule is CC(C)[C@H](NC(=O)OCc1ccccc1)C(=O)Nc1ccccc1C(=O)NC(CC(=O)O)C(=O)CF. The number of hydrogen-bond acceptors (Lipinski definition) is 6. The van der Waals surface area contributed by atoms with E-state index in [0.717, 1.165) is 5.56 Å². The van der Waals surface area contributed by atoms with E-state index in [1.165, 1.54) is 18.2 Å². The van der Waals surface area contributed by atoms with Gasteiger partial charge in [-0.25, -0.2) is 9.18 Å². The summed E-state index contributed by atoms with van der Waals surface area (Å²) in [5.41, 5.74) is 0.736. The molecule has 0 aliphatic carbocycles. The average Bonchev–Trinajstić information content (AvgIpc) is 2.85. The number of carboxylic acid groups (broad SMARTS) is 1. The fourth-order valence-corrected chi connectivity index (χ4v) is 3.18. The number of ether oxygens (including phenoxy) is 1. The van der Waals surface area contributed by atoms with Gasteiger partial charge < -0.3 is 25.8 Å². The third kappa shape index (κ3) is 8.49. The summed E-state index contributed by atoms with van der Waals surface area (Å²) in [6, 6.07) is 12.2. The number of ketones is 1. The lowest BCUT2D eigenvalue weighted by Crippen LogP contribution is -2.47. The summed E-state index contributed by atoms with van der Waals surface area (Å²) in [6.45, 7) is 1.98. The second-order valence-corrected chi connectivity index (χ2v) is 8.19. The molecule has 4 N–H and O–H groups in total. The van der Waals surface area contributed by atoms with Crippen molar-refractivity contribution in [3.63, 3.8) is 0 Å². The number of aliphatic carboxylic acids is 1. The highest BCUT2D eigenvalue weighted by Gasteiger charge is 2.28. The van der Waals surface area contributed by atoms with Gasteiger partial charge in [-0.2, -0.15) is 0 Å². The molecule has 0 radical (unpaired) electrons. The van der Waals surface area contributed by atoms with Gasteiger partial charge in [0, 0.05) is 0 Å². The Labute approximate surface area is 207 Å². The van der Waals surface area contributed by atoms with Crippen molar-refractivity contribution in [2.45, 2.75) is 39.0 Å². The van der Waals surface area contributed by atoms with Gasteiger partial charge in [0.15, 0.2) is 5.78 Å². The Balaban J connectivity index is 2.10. The van der Waals surface area contributed by atoms with E-state index in [4.69, 9.17) is 9.84 Å². The van der Waals surface area contributed by atoms with Gasteiger partial charge in [0.05, 0.1) is 17.7 Å². The predicted molar refractivity (Wildman–Crippen MR) is 128 cm³/mol. The summed E-state index contributed by atoms with van der Waals surface area (Å²) in [5.74, 6) is -4.35. The molecule has 2 aromatic carbocycles. The maximum Gasteiger partial charge on any atom is 0.408 e. The first-order valence-electron chi connectivity index (χ1n) is 11.1. The van der Waals surface area contributed by atoms with Gasteiger partial charge in [-0.05, 0) is 23.6 Å². The molecule has 2 aromatic rings. The van der Waals surface area contributed by atoms with Crippen molar-refractivity contribution in [3.8, 4) is 0 Å². The Morgan fingerprint density at radius 1 is 0.944 bits per heavy atom. The number of anilines is 1. The number of Topliss-reactive ketones (excluding diaryl/α,β-unsaturated/α-hetero) is 1. The molecule has 0 aliphatic rings. The highest BCUT2D eigenvalue weighted by atomic mass is 19.1. The van der Waals surface area contributed by atoms with Crippen LogP contribution in [0.3, 0.4) is 0 Å². The zero-order valence-corrected chi connectivity index (χ0v) is 19.8. The van der Waals surface area contributed by atoms with Crippen LogP contribution < -0.4 is 16.0 Å². The molecule has 0 bridgehead atoms. The summed E-state index contributed by atoms with van der Waals surface area (Å²) >= 11 is 0. The van der Waals surface area contributed by atoms with Crippen LogP contribution in [-0.4, -0.2) is 53.5 Å². The first-order valence-corrected chi connectivity index (χ1v) is 11.1. The monoisotopic (exact) mass is 501 g/mol. The van der Waals surface area contributed by atoms with Crippen LogP contribution >= 0.6 is 0 Å². The van der Waals surface area contributed by atoms with Crippen LogP contribution in [0, 0.1) is 5.92 Å². The largest absolute Gasteiger partial charge is 0.481 e. The smallest absolute Gasteiger partial charge is 0.408 e. The van der Waals surface area contributed by atoms with E-state index < -0.39 is 54.8 Å². The Morgan fingerprint density at radius 3 is 2.19 bits per heavy atom. The molecular formula is C25H28FN3O7. The van der Waals surface area contributed by atoms with Crippen LogP contribution in [0.2, 0.25) is 0 Å². The molecule has 36 heavy (non-hydrogen) atoms. The minimum Gasteiger partial charge on any atom is -0.481 e. The van der Waals surface area contributed by atoms with Gasteiger partial charge in [-0.3, -0.25) is 19.2 Å². The van der Waals surface area contributed by atoms with Crippen LogP contribution in [0.25, 0.3) is 0 Å². The predicted octanol–water partition coefficient (Wildman–Crippen LogP) is 2.69. The number of halogens is 1. The number of amides is 3. The molecule has 0 aliphatic heterocycles. The quantitative estimate of drug-likeness (QED) is 0.349. The Bertz CT molecular complexity index is 1090. The van der Waals surface area contributed by atoms with Crippen molar-refractivity contribution in [1.29, 1.82) is 0 Å². The number of para-hydroxylation sites is 1. The molecule has 0 heterocycles. The van der Waals surface area contributed by atoms with E-state index in [0.29, 0.717) is 0 Å². The maximum atomic E-state index is 13.0. The second kappa shape index (κ2) is 13.6. The highest BCUT2D eigenvalue weighted by molar-refractivity contribution is 6.06. The number of alkyl halides is 1. The Hall–Kier alpha value is -4.28. The molecule has 1 unspecified atom stereocenters. The first kappa shape index (κ1) is 28.0. The minimum atomic E-state index is -1.58. The normalized spacial score (nSPS) is 12.2. The standard InChI is InChI=1S/C25H28FN3O7/c1-15(2)22(29-25(35)36-14-16-8-4-3-5-9-16)24(34)27-18-11-7-6-10-17(18)23(33)28-19(12-21(31)32)20(30)13-26/h3-11,15,19,22H,12-14H2,1-2H3,(H,27,34)(H,28,33)(H,29,35)(H,31,32)/t19?,22-/m0/s1. The lowest BCUT2D eigenvalue weighted by atomic mass is 10.0. The third-order valence-electron chi connectivity index (χ3n) is 5.07. The molecule has 11 heteroatoms. The molecule has 10 nitrogen and oxygen atoms in total. The third-order valence-corrected chi connectivity index (χ3v) is 5.07. The zero-order valence-electron chi connectivity index (χ0n) is 19.8. The van der Waals surface area contributed by atoms with E-state index in [9.17, 15) is 28.4 Å². The van der Waals surface area contributed by atoms with Crippen molar-refractivity contribution >= 4 is 35.3 Å². The maximum absolute atomic E-state index is 13.0. The van der Waals surface area contributed by atoms with E-state index >= 15 is 0 Å². The Kier molecular flexibility index (Phi) is 10.5. The topological polar surface area (TPSA) is 151 Å². The lowest BCUT2D eigenvalue weighted by molar-refractivity contribution is -0.139. The molecule has 0 saturated heterocycles. The van der Waals surface area contributed by atoms with Crippen LogP contribution in [0.15, 0.2) is 54.6 Å². The number of carbonyl (C=O) groups excluding carboxylic acids is 4. The summed E-state index contributed by atoms with van der Waals surface area (Å²) in [4.78, 5) is 60.7.